The van der Waals surface area contributed by atoms with E-state index in [9.17, 15) is 0 Å². The number of hydrogen-bond donors (Lipinski definition) is 0. The SMILES string of the molecule is CCCCCCC(COc1ccccc1)OCC. The molecular formula is C16H26O2. The lowest BCUT2D eigenvalue weighted by molar-refractivity contribution is 0.0209. The molecule has 0 aliphatic heterocycles. The molecule has 2 nitrogen and oxygen atoms in total. The molecule has 102 valence electrons. The highest BCUT2D eigenvalue weighted by atomic mass is 16.5. The molecule has 18 heavy (non-hydrogen) atoms. The van der Waals surface area contributed by atoms with Gasteiger partial charge in [-0.2, -0.15) is 0 Å². The van der Waals surface area contributed by atoms with Gasteiger partial charge in [0.1, 0.15) is 12.4 Å². The minimum Gasteiger partial charge on any atom is -0.491 e. The van der Waals surface area contributed by atoms with Crippen molar-refractivity contribution in [3.63, 3.8) is 0 Å². The summed E-state index contributed by atoms with van der Waals surface area (Å²) in [5.74, 6) is 0.927. The topological polar surface area (TPSA) is 18.5 Å². The average molecular weight is 250 g/mol. The normalized spacial score (nSPS) is 12.3. The molecule has 1 unspecified atom stereocenters. The summed E-state index contributed by atoms with van der Waals surface area (Å²) in [6.07, 6.45) is 6.45. The average Bonchev–Trinajstić information content (AvgIpc) is 2.42. The zero-order chi connectivity index (χ0) is 13.1. The third-order valence-corrected chi connectivity index (χ3v) is 2.96. The van der Waals surface area contributed by atoms with Crippen LogP contribution in [0.25, 0.3) is 0 Å². The first kappa shape index (κ1) is 15.0. The summed E-state index contributed by atoms with van der Waals surface area (Å²) in [4.78, 5) is 0. The van der Waals surface area contributed by atoms with Crippen LogP contribution < -0.4 is 4.74 Å². The molecule has 1 rings (SSSR count). The lowest BCUT2D eigenvalue weighted by Gasteiger charge is -2.17. The molecule has 0 saturated heterocycles. The standard InChI is InChI=1S/C16H26O2/c1-3-5-6-8-13-16(17-4-2)14-18-15-11-9-7-10-12-15/h7,9-12,16H,3-6,8,13-14H2,1-2H3. The van der Waals surface area contributed by atoms with Crippen molar-refractivity contribution < 1.29 is 9.47 Å². The predicted octanol–water partition coefficient (Wildman–Crippen LogP) is 4.44. The molecule has 0 aliphatic carbocycles. The van der Waals surface area contributed by atoms with Crippen molar-refractivity contribution in [2.75, 3.05) is 13.2 Å². The molecule has 0 spiro atoms. The number of para-hydroxylation sites is 1. The largest absolute Gasteiger partial charge is 0.491 e. The Morgan fingerprint density at radius 3 is 2.44 bits per heavy atom. The number of ether oxygens (including phenoxy) is 2. The molecule has 2 heteroatoms. The number of rotatable bonds is 10. The summed E-state index contributed by atoms with van der Waals surface area (Å²) in [7, 11) is 0. The smallest absolute Gasteiger partial charge is 0.119 e. The molecule has 0 heterocycles. The molecule has 0 aliphatic rings. The van der Waals surface area contributed by atoms with Gasteiger partial charge in [-0.1, -0.05) is 50.8 Å². The molecule has 0 bridgehead atoms. The molecule has 1 aromatic carbocycles. The van der Waals surface area contributed by atoms with Crippen molar-refractivity contribution in [2.45, 2.75) is 52.1 Å². The Morgan fingerprint density at radius 2 is 1.78 bits per heavy atom. The van der Waals surface area contributed by atoms with Gasteiger partial charge in [0, 0.05) is 6.61 Å². The maximum Gasteiger partial charge on any atom is 0.119 e. The minimum absolute atomic E-state index is 0.229. The Morgan fingerprint density at radius 1 is 1.00 bits per heavy atom. The maximum absolute atomic E-state index is 5.75. The summed E-state index contributed by atoms with van der Waals surface area (Å²) in [6, 6.07) is 9.95. The van der Waals surface area contributed by atoms with Gasteiger partial charge in [-0.3, -0.25) is 0 Å². The van der Waals surface area contributed by atoms with Crippen molar-refractivity contribution in [3.05, 3.63) is 30.3 Å². The summed E-state index contributed by atoms with van der Waals surface area (Å²) in [6.45, 7) is 5.70. The van der Waals surface area contributed by atoms with Crippen molar-refractivity contribution in [1.82, 2.24) is 0 Å². The van der Waals surface area contributed by atoms with Gasteiger partial charge in [-0.25, -0.2) is 0 Å². The summed E-state index contributed by atoms with van der Waals surface area (Å²) >= 11 is 0. The fraction of sp³-hybridized carbons (Fsp3) is 0.625. The second-order valence-electron chi connectivity index (χ2n) is 4.55. The van der Waals surface area contributed by atoms with Gasteiger partial charge >= 0.3 is 0 Å². The lowest BCUT2D eigenvalue weighted by Crippen LogP contribution is -2.21. The van der Waals surface area contributed by atoms with E-state index in [1.54, 1.807) is 0 Å². The molecule has 0 radical (unpaired) electrons. The van der Waals surface area contributed by atoms with Crippen LogP contribution in [0, 0.1) is 0 Å². The lowest BCUT2D eigenvalue weighted by atomic mass is 10.1. The van der Waals surface area contributed by atoms with E-state index in [0.717, 1.165) is 18.8 Å². The molecule has 0 saturated carbocycles. The van der Waals surface area contributed by atoms with Gasteiger partial charge in [-0.05, 0) is 25.5 Å². The van der Waals surface area contributed by atoms with Crippen LogP contribution in [0.15, 0.2) is 30.3 Å². The third-order valence-electron chi connectivity index (χ3n) is 2.96. The van der Waals surface area contributed by atoms with E-state index >= 15 is 0 Å². The Labute approximate surface area is 111 Å². The minimum atomic E-state index is 0.229. The number of unbranched alkanes of at least 4 members (excludes halogenated alkanes) is 3. The van der Waals surface area contributed by atoms with Crippen LogP contribution in [0.2, 0.25) is 0 Å². The van der Waals surface area contributed by atoms with Crippen molar-refractivity contribution in [3.8, 4) is 5.75 Å². The van der Waals surface area contributed by atoms with Crippen LogP contribution in [0.5, 0.6) is 5.75 Å². The predicted molar refractivity (Wildman–Crippen MR) is 76.1 cm³/mol. The number of hydrogen-bond acceptors (Lipinski definition) is 2. The Kier molecular flexibility index (Phi) is 8.32. The van der Waals surface area contributed by atoms with Crippen LogP contribution in [0.1, 0.15) is 46.0 Å². The summed E-state index contributed by atoms with van der Waals surface area (Å²) in [5, 5.41) is 0. The van der Waals surface area contributed by atoms with Gasteiger partial charge in [0.05, 0.1) is 6.10 Å². The quantitative estimate of drug-likeness (QED) is 0.571. The Hall–Kier alpha value is -1.02. The highest BCUT2D eigenvalue weighted by molar-refractivity contribution is 5.20. The number of benzene rings is 1. The Balaban J connectivity index is 2.24. The first-order valence-corrected chi connectivity index (χ1v) is 7.16. The van der Waals surface area contributed by atoms with E-state index in [1.165, 1.54) is 25.7 Å². The summed E-state index contributed by atoms with van der Waals surface area (Å²) < 4.78 is 11.5. The van der Waals surface area contributed by atoms with E-state index in [0.29, 0.717) is 6.61 Å². The van der Waals surface area contributed by atoms with Crippen LogP contribution in [0.4, 0.5) is 0 Å². The highest BCUT2D eigenvalue weighted by Crippen LogP contribution is 2.13. The second kappa shape index (κ2) is 9.95. The van der Waals surface area contributed by atoms with E-state index < -0.39 is 0 Å². The van der Waals surface area contributed by atoms with Crippen LogP contribution >= 0.6 is 0 Å². The summed E-state index contributed by atoms with van der Waals surface area (Å²) in [5.41, 5.74) is 0. The molecule has 1 atom stereocenters. The molecule has 0 fully saturated rings. The zero-order valence-corrected chi connectivity index (χ0v) is 11.7. The van der Waals surface area contributed by atoms with E-state index in [4.69, 9.17) is 9.47 Å². The second-order valence-corrected chi connectivity index (χ2v) is 4.55. The van der Waals surface area contributed by atoms with E-state index in [2.05, 4.69) is 6.92 Å². The van der Waals surface area contributed by atoms with Crippen molar-refractivity contribution in [1.29, 1.82) is 0 Å². The molecule has 1 aromatic rings. The first-order chi connectivity index (χ1) is 8.86. The fourth-order valence-electron chi connectivity index (χ4n) is 1.96. The molecule has 0 aromatic heterocycles. The van der Waals surface area contributed by atoms with Crippen LogP contribution in [0.3, 0.4) is 0 Å². The third kappa shape index (κ3) is 6.65. The van der Waals surface area contributed by atoms with E-state index in [-0.39, 0.29) is 6.10 Å². The van der Waals surface area contributed by atoms with Gasteiger partial charge < -0.3 is 9.47 Å². The van der Waals surface area contributed by atoms with Gasteiger partial charge in [0.2, 0.25) is 0 Å². The zero-order valence-electron chi connectivity index (χ0n) is 11.7. The molecular weight excluding hydrogens is 224 g/mol. The van der Waals surface area contributed by atoms with Crippen molar-refractivity contribution in [2.24, 2.45) is 0 Å². The van der Waals surface area contributed by atoms with Gasteiger partial charge in [-0.15, -0.1) is 0 Å². The van der Waals surface area contributed by atoms with Crippen molar-refractivity contribution >= 4 is 0 Å². The van der Waals surface area contributed by atoms with Crippen LogP contribution in [-0.4, -0.2) is 19.3 Å². The highest BCUT2D eigenvalue weighted by Gasteiger charge is 2.09. The first-order valence-electron chi connectivity index (χ1n) is 7.16. The maximum atomic E-state index is 5.75. The molecule has 0 amide bonds. The van der Waals surface area contributed by atoms with E-state index in [1.807, 2.05) is 37.3 Å². The van der Waals surface area contributed by atoms with Gasteiger partial charge in [0.15, 0.2) is 0 Å². The Bertz CT molecular complexity index is 284. The van der Waals surface area contributed by atoms with Crippen LogP contribution in [-0.2, 0) is 4.74 Å². The fourth-order valence-corrected chi connectivity index (χ4v) is 1.96. The monoisotopic (exact) mass is 250 g/mol. The van der Waals surface area contributed by atoms with Gasteiger partial charge in [0.25, 0.3) is 0 Å². The molecule has 0 N–H and O–H groups in total.